The van der Waals surface area contributed by atoms with Crippen molar-refractivity contribution in [3.63, 3.8) is 0 Å². The first-order valence-corrected chi connectivity index (χ1v) is 4.20. The second kappa shape index (κ2) is 4.28. The Labute approximate surface area is 85.4 Å². The number of benzene rings is 1. The molecule has 0 saturated heterocycles. The maximum Gasteiger partial charge on any atom is 0.151 e. The number of rotatable bonds is 3. The van der Waals surface area contributed by atoms with Gasteiger partial charge in [0.15, 0.2) is 11.6 Å². The lowest BCUT2D eigenvalue weighted by Gasteiger charge is -2.08. The Morgan fingerprint density at radius 3 is 2.36 bits per heavy atom. The first-order valence-electron chi connectivity index (χ1n) is 3.82. The summed E-state index contributed by atoms with van der Waals surface area (Å²) in [5.41, 5.74) is 5.02. The zero-order valence-electron chi connectivity index (χ0n) is 7.28. The van der Waals surface area contributed by atoms with Gasteiger partial charge in [-0.2, -0.15) is 0 Å². The van der Waals surface area contributed by atoms with Gasteiger partial charge in [0.1, 0.15) is 5.69 Å². The third-order valence-corrected chi connectivity index (χ3v) is 1.66. The third kappa shape index (κ3) is 2.60. The summed E-state index contributed by atoms with van der Waals surface area (Å²) in [5, 5.41) is 2.74. The van der Waals surface area contributed by atoms with Crippen molar-refractivity contribution in [2.24, 2.45) is 0 Å². The average Bonchev–Trinajstić information content (AvgIpc) is 2.01. The number of nitrogens with one attached hydrogen (secondary N) is 1. The van der Waals surface area contributed by atoms with Crippen LogP contribution in [0.3, 0.4) is 0 Å². The number of halogens is 3. The van der Waals surface area contributed by atoms with Crippen LogP contribution in [0, 0.1) is 11.6 Å². The van der Waals surface area contributed by atoms with Crippen molar-refractivity contribution in [3.05, 3.63) is 35.4 Å². The van der Waals surface area contributed by atoms with E-state index in [0.29, 0.717) is 0 Å². The molecule has 5 heteroatoms. The predicted molar refractivity (Wildman–Crippen MR) is 54.3 cm³/mol. The summed E-state index contributed by atoms with van der Waals surface area (Å²) in [6, 6.07) is 2.06. The van der Waals surface area contributed by atoms with E-state index in [2.05, 4.69) is 11.9 Å². The van der Waals surface area contributed by atoms with Gasteiger partial charge in [0, 0.05) is 10.7 Å². The molecular formula is C9H9ClF2N2. The standard InChI is InChI=1S/C9H9ClF2N2/c1-5(10)4-14-9-7(11)2-6(13)3-8(9)12/h2-3,14H,1,4,13H2. The maximum atomic E-state index is 13.1. The minimum atomic E-state index is -0.750. The fourth-order valence-electron chi connectivity index (χ4n) is 0.946. The second-order valence-electron chi connectivity index (χ2n) is 2.73. The molecule has 0 heterocycles. The van der Waals surface area contributed by atoms with Gasteiger partial charge in [-0.1, -0.05) is 18.2 Å². The smallest absolute Gasteiger partial charge is 0.151 e. The van der Waals surface area contributed by atoms with E-state index in [9.17, 15) is 8.78 Å². The Balaban J connectivity index is 2.91. The topological polar surface area (TPSA) is 38.0 Å². The van der Waals surface area contributed by atoms with E-state index in [0.717, 1.165) is 12.1 Å². The largest absolute Gasteiger partial charge is 0.399 e. The van der Waals surface area contributed by atoms with Crippen molar-refractivity contribution in [1.29, 1.82) is 0 Å². The molecule has 14 heavy (non-hydrogen) atoms. The lowest BCUT2D eigenvalue weighted by molar-refractivity contribution is 0.590. The summed E-state index contributed by atoms with van der Waals surface area (Å²) in [5.74, 6) is -1.50. The number of hydrogen-bond donors (Lipinski definition) is 2. The molecule has 0 aliphatic carbocycles. The van der Waals surface area contributed by atoms with Crippen LogP contribution in [0.15, 0.2) is 23.7 Å². The maximum absolute atomic E-state index is 13.1. The zero-order chi connectivity index (χ0) is 10.7. The fraction of sp³-hybridized carbons (Fsp3) is 0.111. The van der Waals surface area contributed by atoms with E-state index in [4.69, 9.17) is 17.3 Å². The van der Waals surface area contributed by atoms with Crippen molar-refractivity contribution in [2.45, 2.75) is 0 Å². The summed E-state index contributed by atoms with van der Waals surface area (Å²) in [7, 11) is 0. The molecule has 3 N–H and O–H groups in total. The van der Waals surface area contributed by atoms with Crippen molar-refractivity contribution >= 4 is 23.0 Å². The van der Waals surface area contributed by atoms with Crippen LogP contribution in [0.5, 0.6) is 0 Å². The highest BCUT2D eigenvalue weighted by Crippen LogP contribution is 2.22. The highest BCUT2D eigenvalue weighted by Gasteiger charge is 2.09. The molecule has 0 radical (unpaired) electrons. The number of anilines is 2. The first-order chi connectivity index (χ1) is 6.50. The molecule has 0 atom stereocenters. The molecule has 76 valence electrons. The van der Waals surface area contributed by atoms with Gasteiger partial charge in [-0.3, -0.25) is 0 Å². The zero-order valence-corrected chi connectivity index (χ0v) is 8.04. The van der Waals surface area contributed by atoms with Crippen molar-refractivity contribution < 1.29 is 8.78 Å². The van der Waals surface area contributed by atoms with Crippen molar-refractivity contribution in [1.82, 2.24) is 0 Å². The second-order valence-corrected chi connectivity index (χ2v) is 3.26. The Kier molecular flexibility index (Phi) is 3.30. The summed E-state index contributed by atoms with van der Waals surface area (Å²) in [6.45, 7) is 3.48. The van der Waals surface area contributed by atoms with Crippen LogP contribution in [0.2, 0.25) is 0 Å². The van der Waals surface area contributed by atoms with Crippen LogP contribution >= 0.6 is 11.6 Å². The number of hydrogen-bond acceptors (Lipinski definition) is 2. The molecule has 0 unspecified atom stereocenters. The monoisotopic (exact) mass is 218 g/mol. The molecular weight excluding hydrogens is 210 g/mol. The van der Waals surface area contributed by atoms with Gasteiger partial charge in [0.05, 0.1) is 6.54 Å². The quantitative estimate of drug-likeness (QED) is 0.766. The average molecular weight is 219 g/mol. The Morgan fingerprint density at radius 2 is 1.93 bits per heavy atom. The van der Waals surface area contributed by atoms with Gasteiger partial charge < -0.3 is 11.1 Å². The summed E-state index contributed by atoms with van der Waals surface area (Å²) in [6.07, 6.45) is 0. The van der Waals surface area contributed by atoms with E-state index < -0.39 is 11.6 Å². The van der Waals surface area contributed by atoms with Gasteiger partial charge in [0.2, 0.25) is 0 Å². The molecule has 0 saturated carbocycles. The van der Waals surface area contributed by atoms with Crippen molar-refractivity contribution in [3.8, 4) is 0 Å². The van der Waals surface area contributed by atoms with E-state index >= 15 is 0 Å². The molecule has 1 aromatic rings. The molecule has 1 rings (SSSR count). The molecule has 1 aromatic carbocycles. The first kappa shape index (κ1) is 10.8. The SMILES string of the molecule is C=C(Cl)CNc1c(F)cc(N)cc1F. The Morgan fingerprint density at radius 1 is 1.43 bits per heavy atom. The van der Waals surface area contributed by atoms with Gasteiger partial charge in [0.25, 0.3) is 0 Å². The predicted octanol–water partition coefficient (Wildman–Crippen LogP) is 2.71. The molecule has 0 spiro atoms. The van der Waals surface area contributed by atoms with Gasteiger partial charge in [-0.15, -0.1) is 0 Å². The molecule has 0 amide bonds. The molecule has 0 aliphatic rings. The lowest BCUT2D eigenvalue weighted by Crippen LogP contribution is -2.06. The summed E-state index contributed by atoms with van der Waals surface area (Å²) < 4.78 is 26.2. The van der Waals surface area contributed by atoms with Crippen molar-refractivity contribution in [2.75, 3.05) is 17.6 Å². The minimum absolute atomic E-state index is 0.0373. The van der Waals surface area contributed by atoms with Crippen LogP contribution in [-0.2, 0) is 0 Å². The normalized spacial score (nSPS) is 9.93. The molecule has 2 nitrogen and oxygen atoms in total. The minimum Gasteiger partial charge on any atom is -0.399 e. The highest BCUT2D eigenvalue weighted by atomic mass is 35.5. The van der Waals surface area contributed by atoms with Gasteiger partial charge in [-0.05, 0) is 12.1 Å². The van der Waals surface area contributed by atoms with E-state index in [1.807, 2.05) is 0 Å². The third-order valence-electron chi connectivity index (χ3n) is 1.52. The van der Waals surface area contributed by atoms with E-state index in [-0.39, 0.29) is 23.0 Å². The van der Waals surface area contributed by atoms with E-state index in [1.165, 1.54) is 0 Å². The van der Waals surface area contributed by atoms with Crippen LogP contribution in [0.25, 0.3) is 0 Å². The molecule has 0 bridgehead atoms. The fourth-order valence-corrected chi connectivity index (χ4v) is 1.01. The number of nitrogens with two attached hydrogens (primary N) is 1. The van der Waals surface area contributed by atoms with Gasteiger partial charge >= 0.3 is 0 Å². The molecule has 0 aliphatic heterocycles. The van der Waals surface area contributed by atoms with Gasteiger partial charge in [-0.25, -0.2) is 8.78 Å². The Hall–Kier alpha value is -1.29. The van der Waals surface area contributed by atoms with Crippen LogP contribution in [-0.4, -0.2) is 6.54 Å². The van der Waals surface area contributed by atoms with Crippen LogP contribution < -0.4 is 11.1 Å². The molecule has 0 fully saturated rings. The Bertz CT molecular complexity index is 343. The number of nitrogen functional groups attached to an aromatic ring is 1. The summed E-state index contributed by atoms with van der Waals surface area (Å²) in [4.78, 5) is 0. The summed E-state index contributed by atoms with van der Waals surface area (Å²) >= 11 is 5.44. The lowest BCUT2D eigenvalue weighted by atomic mass is 10.2. The van der Waals surface area contributed by atoms with Crippen LogP contribution in [0.1, 0.15) is 0 Å². The van der Waals surface area contributed by atoms with E-state index in [1.54, 1.807) is 0 Å². The highest BCUT2D eigenvalue weighted by molar-refractivity contribution is 6.29. The molecule has 0 aromatic heterocycles. The van der Waals surface area contributed by atoms with Crippen LogP contribution in [0.4, 0.5) is 20.2 Å².